The van der Waals surface area contributed by atoms with Gasteiger partial charge in [0.05, 0.1) is 11.2 Å². The fourth-order valence-corrected chi connectivity index (χ4v) is 1.43. The molecule has 17 heavy (non-hydrogen) atoms. The number of aromatic nitrogens is 1. The van der Waals surface area contributed by atoms with Gasteiger partial charge in [-0.15, -0.1) is 0 Å². The van der Waals surface area contributed by atoms with E-state index in [1.165, 1.54) is 12.3 Å². The van der Waals surface area contributed by atoms with Crippen LogP contribution in [0.2, 0.25) is 5.02 Å². The molecular weight excluding hydrogens is 238 g/mol. The average Bonchev–Trinajstić information content (AvgIpc) is 2.77. The van der Waals surface area contributed by atoms with E-state index in [1.54, 1.807) is 6.21 Å². The molecule has 0 bridgehead atoms. The van der Waals surface area contributed by atoms with E-state index in [9.17, 15) is 4.79 Å². The number of nitrogens with zero attached hydrogens (tertiary/aromatic N) is 1. The lowest BCUT2D eigenvalue weighted by Gasteiger charge is -1.95. The highest BCUT2D eigenvalue weighted by atomic mass is 35.5. The Kier molecular flexibility index (Phi) is 3.57. The maximum atomic E-state index is 11.5. The molecule has 0 spiro atoms. The van der Waals surface area contributed by atoms with E-state index in [2.05, 4.69) is 15.5 Å². The number of rotatable bonds is 3. The summed E-state index contributed by atoms with van der Waals surface area (Å²) in [6, 6.07) is 11.0. The molecule has 4 nitrogen and oxygen atoms in total. The molecule has 0 aliphatic carbocycles. The molecule has 1 aromatic heterocycles. The normalized spacial score (nSPS) is 10.6. The Morgan fingerprint density at radius 3 is 2.76 bits per heavy atom. The highest BCUT2D eigenvalue weighted by Crippen LogP contribution is 2.08. The van der Waals surface area contributed by atoms with Crippen LogP contribution in [0.5, 0.6) is 0 Å². The van der Waals surface area contributed by atoms with E-state index in [0.29, 0.717) is 10.7 Å². The van der Waals surface area contributed by atoms with E-state index in [4.69, 9.17) is 11.6 Å². The summed E-state index contributed by atoms with van der Waals surface area (Å²) >= 11 is 5.68. The van der Waals surface area contributed by atoms with Gasteiger partial charge in [-0.25, -0.2) is 5.43 Å². The van der Waals surface area contributed by atoms with Crippen LogP contribution in [0, 0.1) is 0 Å². The average molecular weight is 248 g/mol. The van der Waals surface area contributed by atoms with Crippen LogP contribution in [0.25, 0.3) is 0 Å². The third-order valence-corrected chi connectivity index (χ3v) is 2.29. The maximum Gasteiger partial charge on any atom is 0.287 e. The third-order valence-electron chi connectivity index (χ3n) is 2.07. The molecular formula is C12H10ClN3O. The molecule has 0 radical (unpaired) electrons. The van der Waals surface area contributed by atoms with Gasteiger partial charge in [-0.05, 0) is 11.6 Å². The summed E-state index contributed by atoms with van der Waals surface area (Å²) in [5.41, 5.74) is 3.69. The quantitative estimate of drug-likeness (QED) is 0.635. The van der Waals surface area contributed by atoms with Crippen molar-refractivity contribution in [2.75, 3.05) is 0 Å². The Bertz CT molecular complexity index is 534. The number of H-pyrrole nitrogens is 1. The standard InChI is InChI=1S/C12H10ClN3O/c13-10-6-11(14-8-10)12(17)16-15-7-9-4-2-1-3-5-9/h1-8,14H,(H,16,17). The Labute approximate surface area is 103 Å². The summed E-state index contributed by atoms with van der Waals surface area (Å²) in [7, 11) is 0. The maximum absolute atomic E-state index is 11.5. The highest BCUT2D eigenvalue weighted by Gasteiger charge is 2.05. The lowest BCUT2D eigenvalue weighted by Crippen LogP contribution is -2.17. The molecule has 0 saturated heterocycles. The third kappa shape index (κ3) is 3.19. The van der Waals surface area contributed by atoms with Gasteiger partial charge >= 0.3 is 0 Å². The van der Waals surface area contributed by atoms with Crippen LogP contribution in [0.1, 0.15) is 16.1 Å². The van der Waals surface area contributed by atoms with Gasteiger partial charge in [0.15, 0.2) is 0 Å². The van der Waals surface area contributed by atoms with Crippen molar-refractivity contribution < 1.29 is 4.79 Å². The van der Waals surface area contributed by atoms with Crippen molar-refractivity contribution in [1.29, 1.82) is 0 Å². The molecule has 0 aliphatic heterocycles. The van der Waals surface area contributed by atoms with Crippen molar-refractivity contribution in [2.45, 2.75) is 0 Å². The number of carbonyl (C=O) groups excluding carboxylic acids is 1. The number of hydrogen-bond acceptors (Lipinski definition) is 2. The predicted molar refractivity (Wildman–Crippen MR) is 67.3 cm³/mol. The van der Waals surface area contributed by atoms with Crippen molar-refractivity contribution in [2.24, 2.45) is 5.10 Å². The number of carbonyl (C=O) groups is 1. The molecule has 2 N–H and O–H groups in total. The molecule has 0 unspecified atom stereocenters. The zero-order valence-corrected chi connectivity index (χ0v) is 9.61. The molecule has 5 heteroatoms. The van der Waals surface area contributed by atoms with Gasteiger partial charge in [-0.1, -0.05) is 41.9 Å². The first-order chi connectivity index (χ1) is 8.25. The number of halogens is 1. The highest BCUT2D eigenvalue weighted by molar-refractivity contribution is 6.30. The lowest BCUT2D eigenvalue weighted by atomic mass is 10.2. The fraction of sp³-hybridized carbons (Fsp3) is 0. The van der Waals surface area contributed by atoms with E-state index < -0.39 is 0 Å². The van der Waals surface area contributed by atoms with Crippen molar-refractivity contribution >= 4 is 23.7 Å². The fourth-order valence-electron chi connectivity index (χ4n) is 1.26. The predicted octanol–water partition coefficient (Wildman–Crippen LogP) is 2.43. The number of nitrogens with one attached hydrogen (secondary N) is 2. The Morgan fingerprint density at radius 1 is 1.35 bits per heavy atom. The number of hydrogen-bond donors (Lipinski definition) is 2. The SMILES string of the molecule is O=C(NN=Cc1ccccc1)c1cc(Cl)c[nH]1. The van der Waals surface area contributed by atoms with Crippen LogP contribution in [0.3, 0.4) is 0 Å². The van der Waals surface area contributed by atoms with Gasteiger partial charge in [0.1, 0.15) is 5.69 Å². The molecule has 2 aromatic rings. The van der Waals surface area contributed by atoms with Crippen LogP contribution < -0.4 is 5.43 Å². The first-order valence-electron chi connectivity index (χ1n) is 4.98. The Hall–Kier alpha value is -2.07. The molecule has 2 rings (SSSR count). The second-order valence-electron chi connectivity index (χ2n) is 3.34. The van der Waals surface area contributed by atoms with Crippen molar-refractivity contribution in [3.8, 4) is 0 Å². The smallest absolute Gasteiger partial charge is 0.287 e. The van der Waals surface area contributed by atoms with Crippen molar-refractivity contribution in [3.63, 3.8) is 0 Å². The second kappa shape index (κ2) is 5.32. The zero-order chi connectivity index (χ0) is 12.1. The number of hydrazone groups is 1. The van der Waals surface area contributed by atoms with Crippen LogP contribution >= 0.6 is 11.6 Å². The van der Waals surface area contributed by atoms with Gasteiger partial charge in [-0.2, -0.15) is 5.10 Å². The molecule has 0 aliphatic rings. The lowest BCUT2D eigenvalue weighted by molar-refractivity contribution is 0.0951. The van der Waals surface area contributed by atoms with Crippen molar-refractivity contribution in [1.82, 2.24) is 10.4 Å². The minimum absolute atomic E-state index is 0.330. The molecule has 86 valence electrons. The van der Waals surface area contributed by atoms with E-state index in [0.717, 1.165) is 5.56 Å². The number of amides is 1. The minimum Gasteiger partial charge on any atom is -0.356 e. The second-order valence-corrected chi connectivity index (χ2v) is 3.78. The minimum atomic E-state index is -0.330. The Morgan fingerprint density at radius 2 is 2.12 bits per heavy atom. The van der Waals surface area contributed by atoms with Gasteiger partial charge in [0, 0.05) is 6.20 Å². The number of aromatic amines is 1. The Balaban J connectivity index is 1.95. The first-order valence-corrected chi connectivity index (χ1v) is 5.36. The molecule has 1 amide bonds. The molecule has 0 atom stereocenters. The topological polar surface area (TPSA) is 57.2 Å². The van der Waals surface area contributed by atoms with E-state index in [1.807, 2.05) is 30.3 Å². The van der Waals surface area contributed by atoms with Crippen LogP contribution in [-0.2, 0) is 0 Å². The summed E-state index contributed by atoms with van der Waals surface area (Å²) in [4.78, 5) is 14.3. The zero-order valence-electron chi connectivity index (χ0n) is 8.85. The molecule has 0 fully saturated rings. The van der Waals surface area contributed by atoms with E-state index in [-0.39, 0.29) is 5.91 Å². The summed E-state index contributed by atoms with van der Waals surface area (Å²) < 4.78 is 0. The molecule has 0 saturated carbocycles. The summed E-state index contributed by atoms with van der Waals surface area (Å²) in [6.07, 6.45) is 3.11. The number of benzene rings is 1. The van der Waals surface area contributed by atoms with Crippen LogP contribution in [-0.4, -0.2) is 17.1 Å². The molecule has 1 heterocycles. The van der Waals surface area contributed by atoms with Crippen molar-refractivity contribution in [3.05, 3.63) is 58.9 Å². The van der Waals surface area contributed by atoms with Gasteiger partial charge in [0.25, 0.3) is 5.91 Å². The van der Waals surface area contributed by atoms with Crippen LogP contribution in [0.4, 0.5) is 0 Å². The van der Waals surface area contributed by atoms with Crippen LogP contribution in [0.15, 0.2) is 47.7 Å². The summed E-state index contributed by atoms with van der Waals surface area (Å²) in [5.74, 6) is -0.330. The first kappa shape index (κ1) is 11.4. The largest absolute Gasteiger partial charge is 0.356 e. The van der Waals surface area contributed by atoms with E-state index >= 15 is 0 Å². The van der Waals surface area contributed by atoms with Gasteiger partial charge in [0.2, 0.25) is 0 Å². The van der Waals surface area contributed by atoms with Gasteiger partial charge in [-0.3, -0.25) is 4.79 Å². The summed E-state index contributed by atoms with van der Waals surface area (Å²) in [6.45, 7) is 0. The monoisotopic (exact) mass is 247 g/mol. The van der Waals surface area contributed by atoms with Gasteiger partial charge < -0.3 is 4.98 Å². The summed E-state index contributed by atoms with van der Waals surface area (Å²) in [5, 5.41) is 4.33. The molecule has 1 aromatic carbocycles.